The first-order valence-electron chi connectivity index (χ1n) is 14.9. The first kappa shape index (κ1) is 29.6. The van der Waals surface area contributed by atoms with Crippen molar-refractivity contribution >= 4 is 21.8 Å². The molecule has 1 spiro atoms. The number of hydrogen-bond acceptors (Lipinski definition) is 8. The maximum Gasteiger partial charge on any atom is 0.255 e. The summed E-state index contributed by atoms with van der Waals surface area (Å²) in [5.74, 6) is 0.912. The highest BCUT2D eigenvalue weighted by atomic mass is 32.2. The Bertz CT molecular complexity index is 1410. The lowest BCUT2D eigenvalue weighted by Crippen LogP contribution is -2.70. The van der Waals surface area contributed by atoms with Crippen molar-refractivity contribution < 1.29 is 37.1 Å². The fraction of sp³-hybridized carbons (Fsp3) is 0.562. The van der Waals surface area contributed by atoms with E-state index in [1.807, 2.05) is 44.2 Å². The van der Waals surface area contributed by atoms with Gasteiger partial charge < -0.3 is 18.9 Å². The molecule has 1 saturated carbocycles. The Labute approximate surface area is 248 Å². The summed E-state index contributed by atoms with van der Waals surface area (Å²) in [6.07, 6.45) is 4.46. The molecule has 9 nitrogen and oxygen atoms in total. The topological polar surface area (TPSA) is 102 Å². The molecule has 4 heterocycles. The van der Waals surface area contributed by atoms with E-state index < -0.39 is 34.0 Å². The summed E-state index contributed by atoms with van der Waals surface area (Å²) < 4.78 is 52.8. The number of rotatable bonds is 9. The molecular weight excluding hydrogens is 558 g/mol. The van der Waals surface area contributed by atoms with E-state index in [2.05, 4.69) is 18.6 Å². The minimum absolute atomic E-state index is 0.0922. The van der Waals surface area contributed by atoms with Crippen molar-refractivity contribution in [2.75, 3.05) is 17.9 Å². The minimum atomic E-state index is -3.67. The van der Waals surface area contributed by atoms with Crippen LogP contribution in [0.3, 0.4) is 0 Å². The summed E-state index contributed by atoms with van der Waals surface area (Å²) in [6.45, 7) is 8.87. The van der Waals surface area contributed by atoms with Gasteiger partial charge >= 0.3 is 0 Å². The molecule has 42 heavy (non-hydrogen) atoms. The third kappa shape index (κ3) is 5.73. The molecule has 0 aromatic heterocycles. The number of aryl methyl sites for hydroxylation is 1. The van der Waals surface area contributed by atoms with Crippen LogP contribution in [0.5, 0.6) is 5.75 Å². The molecule has 1 aliphatic carbocycles. The van der Waals surface area contributed by atoms with Gasteiger partial charge in [0.15, 0.2) is 18.2 Å². The Balaban J connectivity index is 1.05. The van der Waals surface area contributed by atoms with Crippen LogP contribution in [0.4, 0.5) is 5.69 Å². The zero-order valence-electron chi connectivity index (χ0n) is 24.7. The Morgan fingerprint density at radius 2 is 1.86 bits per heavy atom. The van der Waals surface area contributed by atoms with Crippen LogP contribution in [-0.2, 0) is 34.0 Å². The molecule has 0 unspecified atom stereocenters. The van der Waals surface area contributed by atoms with Gasteiger partial charge in [0, 0.05) is 18.3 Å². The zero-order valence-corrected chi connectivity index (χ0v) is 25.5. The van der Waals surface area contributed by atoms with E-state index in [-0.39, 0.29) is 11.8 Å². The lowest BCUT2D eigenvalue weighted by Gasteiger charge is -2.60. The van der Waals surface area contributed by atoms with Gasteiger partial charge in [0.05, 0.1) is 17.7 Å². The number of hydrogen-bond donors (Lipinski definition) is 1. The second-order valence-electron chi connectivity index (χ2n) is 12.3. The second-order valence-corrected chi connectivity index (χ2v) is 13.9. The summed E-state index contributed by atoms with van der Waals surface area (Å²) in [5, 5.41) is 1.16. The van der Waals surface area contributed by atoms with Crippen molar-refractivity contribution in [1.29, 1.82) is 0 Å². The fourth-order valence-corrected chi connectivity index (χ4v) is 8.08. The van der Waals surface area contributed by atoms with Crippen molar-refractivity contribution in [3.05, 3.63) is 65.1 Å². The molecule has 0 amide bonds. The molecular formula is C32H41NO8S. The Morgan fingerprint density at radius 3 is 2.69 bits per heavy atom. The smallest absolute Gasteiger partial charge is 0.255 e. The SMILES string of the molecule is Cc1ccccc1NS(=O)(=O)/C=C/c1cccc(OCCO[C@@H]2O[C@@H]3O[C@@]4(C)CC[C@H]5[C@H](C)CC[C@@H]([C@H]2C)[C@@]35OO4)c1. The van der Waals surface area contributed by atoms with Crippen LogP contribution in [-0.4, -0.2) is 45.6 Å². The molecule has 5 aliphatic rings. The molecule has 2 bridgehead atoms. The van der Waals surface area contributed by atoms with Crippen LogP contribution >= 0.6 is 0 Å². The average Bonchev–Trinajstić information content (AvgIpc) is 3.20. The van der Waals surface area contributed by atoms with Gasteiger partial charge in [-0.1, -0.05) is 44.2 Å². The highest BCUT2D eigenvalue weighted by Gasteiger charge is 2.69. The van der Waals surface area contributed by atoms with Crippen LogP contribution in [0.15, 0.2) is 53.9 Å². The number of nitrogens with one attached hydrogen (secondary N) is 1. The van der Waals surface area contributed by atoms with Crippen LogP contribution in [0.2, 0.25) is 0 Å². The van der Waals surface area contributed by atoms with Gasteiger partial charge in [-0.2, -0.15) is 0 Å². The molecule has 5 fully saturated rings. The third-order valence-corrected chi connectivity index (χ3v) is 10.4. The lowest BCUT2D eigenvalue weighted by molar-refractivity contribution is -0.577. The maximum atomic E-state index is 12.6. The van der Waals surface area contributed by atoms with Gasteiger partial charge in [-0.25, -0.2) is 18.2 Å². The average molecular weight is 600 g/mol. The number of benzene rings is 2. The number of para-hydroxylation sites is 1. The third-order valence-electron chi connectivity index (χ3n) is 9.43. The summed E-state index contributed by atoms with van der Waals surface area (Å²) in [6, 6.07) is 14.5. The summed E-state index contributed by atoms with van der Waals surface area (Å²) in [4.78, 5) is 12.1. The standard InChI is InChI=1S/C32H41NO8S/c1-21-12-13-27-23(3)29(38-30-32(27)26(21)14-16-31(4,39-30)40-41-32)37-18-17-36-25-10-7-9-24(20-25)15-19-42(34,35)33-28-11-6-5-8-22(28)2/h5-11,15,19-21,23,26-27,29-30,33H,12-14,16-18H2,1-4H3/b19-15+/t21-,23-,26+,27+,29-,30-,31-,32-/m1/s1. The van der Waals surface area contributed by atoms with E-state index in [9.17, 15) is 8.42 Å². The highest BCUT2D eigenvalue weighted by Crippen LogP contribution is 2.60. The maximum absolute atomic E-state index is 12.6. The van der Waals surface area contributed by atoms with Crippen molar-refractivity contribution in [2.45, 2.75) is 77.3 Å². The van der Waals surface area contributed by atoms with Crippen LogP contribution in [0.1, 0.15) is 57.6 Å². The molecule has 8 atom stereocenters. The van der Waals surface area contributed by atoms with E-state index in [1.54, 1.807) is 24.3 Å². The summed E-state index contributed by atoms with van der Waals surface area (Å²) in [7, 11) is -3.67. The van der Waals surface area contributed by atoms with Gasteiger partial charge in [-0.05, 0) is 80.3 Å². The fourth-order valence-electron chi connectivity index (χ4n) is 7.14. The quantitative estimate of drug-likeness (QED) is 0.276. The van der Waals surface area contributed by atoms with E-state index in [0.717, 1.165) is 36.7 Å². The van der Waals surface area contributed by atoms with E-state index >= 15 is 0 Å². The zero-order chi connectivity index (χ0) is 29.5. The molecule has 2 aromatic rings. The van der Waals surface area contributed by atoms with E-state index in [1.165, 1.54) is 0 Å². The minimum Gasteiger partial charge on any atom is -0.491 e. The van der Waals surface area contributed by atoms with Gasteiger partial charge in [-0.3, -0.25) is 4.72 Å². The molecule has 4 saturated heterocycles. The summed E-state index contributed by atoms with van der Waals surface area (Å²) >= 11 is 0. The number of sulfonamides is 1. The highest BCUT2D eigenvalue weighted by molar-refractivity contribution is 7.95. The first-order chi connectivity index (χ1) is 20.1. The van der Waals surface area contributed by atoms with Crippen molar-refractivity contribution in [1.82, 2.24) is 0 Å². The molecule has 7 rings (SSSR count). The Kier molecular flexibility index (Phi) is 8.14. The molecule has 228 valence electrons. The Morgan fingerprint density at radius 1 is 1.02 bits per heavy atom. The van der Waals surface area contributed by atoms with Crippen molar-refractivity contribution in [3.63, 3.8) is 0 Å². The second kappa shape index (κ2) is 11.6. The predicted octanol–water partition coefficient (Wildman–Crippen LogP) is 6.01. The predicted molar refractivity (Wildman–Crippen MR) is 157 cm³/mol. The van der Waals surface area contributed by atoms with Crippen molar-refractivity contribution in [2.24, 2.45) is 23.7 Å². The lowest BCUT2D eigenvalue weighted by atomic mass is 9.58. The summed E-state index contributed by atoms with van der Waals surface area (Å²) in [5.41, 5.74) is 1.50. The van der Waals surface area contributed by atoms with Gasteiger partial charge in [0.25, 0.3) is 10.0 Å². The van der Waals surface area contributed by atoms with Gasteiger partial charge in [0.1, 0.15) is 12.4 Å². The molecule has 0 radical (unpaired) electrons. The van der Waals surface area contributed by atoms with Crippen LogP contribution in [0.25, 0.3) is 6.08 Å². The van der Waals surface area contributed by atoms with Gasteiger partial charge in [0.2, 0.25) is 5.79 Å². The normalized spacial score (nSPS) is 35.9. The molecule has 10 heteroatoms. The number of fused-ring (bicyclic) bond motifs is 2. The van der Waals surface area contributed by atoms with Crippen molar-refractivity contribution in [3.8, 4) is 5.75 Å². The number of anilines is 1. The first-order valence-corrected chi connectivity index (χ1v) is 16.4. The van der Waals surface area contributed by atoms with E-state index in [0.29, 0.717) is 42.0 Å². The largest absolute Gasteiger partial charge is 0.491 e. The monoisotopic (exact) mass is 599 g/mol. The van der Waals surface area contributed by atoms with E-state index in [4.69, 9.17) is 28.7 Å². The van der Waals surface area contributed by atoms with Crippen LogP contribution in [0, 0.1) is 30.6 Å². The number of ether oxygens (including phenoxy) is 4. The van der Waals surface area contributed by atoms with Gasteiger partial charge in [-0.15, -0.1) is 0 Å². The Hall–Kier alpha value is -2.47. The molecule has 2 aromatic carbocycles. The molecule has 4 aliphatic heterocycles. The van der Waals surface area contributed by atoms with Crippen LogP contribution < -0.4 is 9.46 Å². The molecule has 1 N–H and O–H groups in total.